The average Bonchev–Trinajstić information content (AvgIpc) is 3.24. The summed E-state index contributed by atoms with van der Waals surface area (Å²) in [6, 6.07) is 6.00. The normalized spacial score (nSPS) is 26.6. The van der Waals surface area contributed by atoms with Crippen LogP contribution in [0.3, 0.4) is 0 Å². The van der Waals surface area contributed by atoms with Crippen molar-refractivity contribution in [3.8, 4) is 0 Å². The van der Waals surface area contributed by atoms with Crippen LogP contribution in [0.5, 0.6) is 0 Å². The summed E-state index contributed by atoms with van der Waals surface area (Å²) in [5.41, 5.74) is 0.851. The third-order valence-corrected chi connectivity index (χ3v) is 6.20. The lowest BCUT2D eigenvalue weighted by Gasteiger charge is -2.34. The third kappa shape index (κ3) is 5.14. The molecule has 4 rings (SSSR count). The van der Waals surface area contributed by atoms with E-state index in [1.165, 1.54) is 6.42 Å². The van der Waals surface area contributed by atoms with E-state index in [1.54, 1.807) is 11.1 Å². The molecular formula is C22H31N3O4. The SMILES string of the molecule is O=C([C@@H]1CCCO1)N1CC(=O)N(C2CCCCC2)C[C@@H](OCc2ccccn2)C1. The van der Waals surface area contributed by atoms with Crippen LogP contribution in [0.25, 0.3) is 0 Å². The van der Waals surface area contributed by atoms with Crippen molar-refractivity contribution in [3.63, 3.8) is 0 Å². The van der Waals surface area contributed by atoms with E-state index in [1.807, 2.05) is 23.1 Å². The van der Waals surface area contributed by atoms with Crippen molar-refractivity contribution in [3.05, 3.63) is 30.1 Å². The van der Waals surface area contributed by atoms with Gasteiger partial charge in [0.25, 0.3) is 5.91 Å². The Kier molecular flexibility index (Phi) is 6.77. The van der Waals surface area contributed by atoms with Crippen molar-refractivity contribution in [1.82, 2.24) is 14.8 Å². The lowest BCUT2D eigenvalue weighted by molar-refractivity contribution is -0.146. The van der Waals surface area contributed by atoms with Crippen LogP contribution in [-0.2, 0) is 25.7 Å². The van der Waals surface area contributed by atoms with E-state index in [-0.39, 0.29) is 30.5 Å². The van der Waals surface area contributed by atoms with Gasteiger partial charge in [-0.1, -0.05) is 25.3 Å². The first kappa shape index (κ1) is 20.3. The van der Waals surface area contributed by atoms with E-state index >= 15 is 0 Å². The van der Waals surface area contributed by atoms with Crippen molar-refractivity contribution < 1.29 is 19.1 Å². The van der Waals surface area contributed by atoms with Crippen LogP contribution in [0.2, 0.25) is 0 Å². The lowest BCUT2D eigenvalue weighted by Crippen LogP contribution is -2.46. The zero-order valence-corrected chi connectivity index (χ0v) is 17.0. The Hall–Kier alpha value is -1.99. The zero-order chi connectivity index (χ0) is 20.1. The Bertz CT molecular complexity index is 687. The minimum Gasteiger partial charge on any atom is -0.368 e. The predicted octanol–water partition coefficient (Wildman–Crippen LogP) is 2.15. The number of amides is 2. The molecule has 2 aliphatic heterocycles. The third-order valence-electron chi connectivity index (χ3n) is 6.20. The molecule has 1 saturated carbocycles. The largest absolute Gasteiger partial charge is 0.368 e. The molecule has 0 bridgehead atoms. The van der Waals surface area contributed by atoms with Gasteiger partial charge in [-0.2, -0.15) is 0 Å². The maximum absolute atomic E-state index is 13.1. The van der Waals surface area contributed by atoms with Crippen molar-refractivity contribution in [2.75, 3.05) is 26.2 Å². The molecule has 3 heterocycles. The fourth-order valence-electron chi connectivity index (χ4n) is 4.62. The molecule has 1 aromatic rings. The van der Waals surface area contributed by atoms with Gasteiger partial charge in [0.1, 0.15) is 6.10 Å². The topological polar surface area (TPSA) is 72.0 Å². The smallest absolute Gasteiger partial charge is 0.252 e. The van der Waals surface area contributed by atoms with E-state index in [4.69, 9.17) is 9.47 Å². The number of nitrogens with zero attached hydrogens (tertiary/aromatic N) is 3. The first-order valence-electron chi connectivity index (χ1n) is 10.9. The Morgan fingerprint density at radius 1 is 1.14 bits per heavy atom. The van der Waals surface area contributed by atoms with Gasteiger partial charge in [0.05, 0.1) is 24.9 Å². The highest BCUT2D eigenvalue weighted by Gasteiger charge is 2.37. The summed E-state index contributed by atoms with van der Waals surface area (Å²) < 4.78 is 11.8. The Morgan fingerprint density at radius 3 is 2.72 bits per heavy atom. The summed E-state index contributed by atoms with van der Waals surface area (Å²) in [7, 11) is 0. The average molecular weight is 402 g/mol. The van der Waals surface area contributed by atoms with Gasteiger partial charge in [-0.15, -0.1) is 0 Å². The highest BCUT2D eigenvalue weighted by molar-refractivity contribution is 5.87. The van der Waals surface area contributed by atoms with Gasteiger partial charge in [0.2, 0.25) is 5.91 Å². The highest BCUT2D eigenvalue weighted by Crippen LogP contribution is 2.25. The van der Waals surface area contributed by atoms with E-state index in [9.17, 15) is 9.59 Å². The Morgan fingerprint density at radius 2 is 2.00 bits per heavy atom. The van der Waals surface area contributed by atoms with E-state index in [0.717, 1.165) is 44.2 Å². The number of rotatable bonds is 5. The number of hydrogen-bond donors (Lipinski definition) is 0. The summed E-state index contributed by atoms with van der Waals surface area (Å²) in [5.74, 6) is -0.0417. The Labute approximate surface area is 172 Å². The fraction of sp³-hybridized carbons (Fsp3) is 0.682. The number of carbonyl (C=O) groups is 2. The van der Waals surface area contributed by atoms with Crippen LogP contribution in [0.15, 0.2) is 24.4 Å². The van der Waals surface area contributed by atoms with Gasteiger partial charge in [-0.25, -0.2) is 0 Å². The monoisotopic (exact) mass is 401 g/mol. The van der Waals surface area contributed by atoms with E-state index < -0.39 is 6.10 Å². The summed E-state index contributed by atoms with van der Waals surface area (Å²) in [5, 5.41) is 0. The molecule has 0 radical (unpaired) electrons. The second kappa shape index (κ2) is 9.67. The van der Waals surface area contributed by atoms with Crippen LogP contribution in [-0.4, -0.2) is 71.1 Å². The minimum absolute atomic E-state index is 0.0344. The molecule has 1 aromatic heterocycles. The number of carbonyl (C=O) groups excluding carboxylic acids is 2. The molecule has 2 atom stereocenters. The van der Waals surface area contributed by atoms with Gasteiger partial charge < -0.3 is 19.3 Å². The number of hydrogen-bond acceptors (Lipinski definition) is 5. The molecule has 2 saturated heterocycles. The van der Waals surface area contributed by atoms with E-state index in [2.05, 4.69) is 4.98 Å². The number of ether oxygens (including phenoxy) is 2. The first-order valence-corrected chi connectivity index (χ1v) is 10.9. The first-order chi connectivity index (χ1) is 14.2. The maximum Gasteiger partial charge on any atom is 0.252 e. The summed E-state index contributed by atoms with van der Waals surface area (Å²) in [4.78, 5) is 34.0. The summed E-state index contributed by atoms with van der Waals surface area (Å²) in [6.45, 7) is 2.07. The molecule has 158 valence electrons. The highest BCUT2D eigenvalue weighted by atomic mass is 16.5. The second-order valence-electron chi connectivity index (χ2n) is 8.31. The second-order valence-corrected chi connectivity index (χ2v) is 8.31. The molecule has 0 unspecified atom stereocenters. The molecule has 2 amide bonds. The minimum atomic E-state index is -0.416. The molecule has 3 fully saturated rings. The molecule has 0 aromatic carbocycles. The van der Waals surface area contributed by atoms with Gasteiger partial charge in [-0.3, -0.25) is 14.6 Å². The van der Waals surface area contributed by atoms with E-state index in [0.29, 0.717) is 26.3 Å². The fourth-order valence-corrected chi connectivity index (χ4v) is 4.62. The van der Waals surface area contributed by atoms with Crippen LogP contribution in [0.4, 0.5) is 0 Å². The number of pyridine rings is 1. The standard InChI is InChI=1S/C22H31N3O4/c26-21-15-24(22(27)20-10-6-12-28-20)13-19(29-16-17-7-4-5-11-23-17)14-25(21)18-8-2-1-3-9-18/h4-5,7,11,18-20H,1-3,6,8-10,12-16H2/t19-,20-/m0/s1. The molecule has 7 heteroatoms. The van der Waals surface area contributed by atoms with Gasteiger partial charge in [0, 0.05) is 31.9 Å². The number of aromatic nitrogens is 1. The van der Waals surface area contributed by atoms with Crippen molar-refractivity contribution in [1.29, 1.82) is 0 Å². The van der Waals surface area contributed by atoms with Crippen molar-refractivity contribution in [2.45, 2.75) is 69.8 Å². The van der Waals surface area contributed by atoms with Crippen LogP contribution >= 0.6 is 0 Å². The van der Waals surface area contributed by atoms with Crippen LogP contribution in [0.1, 0.15) is 50.6 Å². The molecule has 0 N–H and O–H groups in total. The van der Waals surface area contributed by atoms with Crippen LogP contribution in [0, 0.1) is 0 Å². The lowest BCUT2D eigenvalue weighted by atomic mass is 9.94. The molecule has 7 nitrogen and oxygen atoms in total. The molecule has 3 aliphatic rings. The van der Waals surface area contributed by atoms with Crippen molar-refractivity contribution in [2.24, 2.45) is 0 Å². The van der Waals surface area contributed by atoms with Gasteiger partial charge in [0.15, 0.2) is 0 Å². The zero-order valence-electron chi connectivity index (χ0n) is 17.0. The summed E-state index contributed by atoms with van der Waals surface area (Å²) >= 11 is 0. The van der Waals surface area contributed by atoms with Crippen molar-refractivity contribution >= 4 is 11.8 Å². The van der Waals surface area contributed by atoms with Gasteiger partial charge >= 0.3 is 0 Å². The summed E-state index contributed by atoms with van der Waals surface area (Å²) in [6.07, 6.45) is 8.37. The molecule has 29 heavy (non-hydrogen) atoms. The van der Waals surface area contributed by atoms with Gasteiger partial charge in [-0.05, 0) is 37.8 Å². The predicted molar refractivity (Wildman–Crippen MR) is 107 cm³/mol. The van der Waals surface area contributed by atoms with Crippen LogP contribution < -0.4 is 0 Å². The molecular weight excluding hydrogens is 370 g/mol. The quantitative estimate of drug-likeness (QED) is 0.756. The molecule has 0 spiro atoms. The Balaban J connectivity index is 1.48. The molecule has 1 aliphatic carbocycles. The maximum atomic E-state index is 13.1.